The third-order valence-corrected chi connectivity index (χ3v) is 5.35. The largest absolute Gasteiger partial charge is 0.198 e. The highest BCUT2D eigenvalue weighted by molar-refractivity contribution is 5.55. The van der Waals surface area contributed by atoms with Crippen LogP contribution < -0.4 is 0 Å². The number of hydrogen-bond donors (Lipinski definition) is 0. The summed E-state index contributed by atoms with van der Waals surface area (Å²) in [5.41, 5.74) is 3.13. The molecule has 0 radical (unpaired) electrons. The zero-order valence-corrected chi connectivity index (χ0v) is 13.5. The Kier molecular flexibility index (Phi) is 3.47. The standard InChI is InChI=1S/C23H19N/c24-18-22(16-19-10-4-1-5-11-19)17-23(22,20-12-6-2-7-13-20)21-14-8-3-9-15-21/h1-15H,16-17H2. The third kappa shape index (κ3) is 2.15. The van der Waals surface area contributed by atoms with E-state index in [-0.39, 0.29) is 10.8 Å². The number of rotatable bonds is 4. The summed E-state index contributed by atoms with van der Waals surface area (Å²) in [6, 6.07) is 34.1. The van der Waals surface area contributed by atoms with Crippen molar-refractivity contribution in [1.82, 2.24) is 0 Å². The molecule has 0 saturated heterocycles. The third-order valence-electron chi connectivity index (χ3n) is 5.35. The van der Waals surface area contributed by atoms with Crippen LogP contribution in [0.4, 0.5) is 0 Å². The van der Waals surface area contributed by atoms with Crippen LogP contribution in [0.15, 0.2) is 91.0 Å². The first-order valence-corrected chi connectivity index (χ1v) is 8.37. The Morgan fingerprint density at radius 1 is 0.708 bits per heavy atom. The predicted molar refractivity (Wildman–Crippen MR) is 96.5 cm³/mol. The molecule has 3 aromatic rings. The fraction of sp³-hybridized carbons (Fsp3) is 0.174. The number of nitriles is 1. The fourth-order valence-corrected chi connectivity index (χ4v) is 4.11. The minimum absolute atomic E-state index is 0.208. The van der Waals surface area contributed by atoms with Crippen molar-refractivity contribution < 1.29 is 0 Å². The second-order valence-electron chi connectivity index (χ2n) is 6.67. The van der Waals surface area contributed by atoms with E-state index in [1.807, 2.05) is 18.2 Å². The lowest BCUT2D eigenvalue weighted by Crippen LogP contribution is -2.21. The van der Waals surface area contributed by atoms with Crippen LogP contribution in [0.3, 0.4) is 0 Å². The summed E-state index contributed by atoms with van der Waals surface area (Å²) in [4.78, 5) is 0. The predicted octanol–water partition coefficient (Wildman–Crippen LogP) is 5.13. The van der Waals surface area contributed by atoms with Crippen LogP contribution in [-0.2, 0) is 11.8 Å². The molecule has 1 atom stereocenters. The summed E-state index contributed by atoms with van der Waals surface area (Å²) >= 11 is 0. The molecular weight excluding hydrogens is 290 g/mol. The van der Waals surface area contributed by atoms with Gasteiger partial charge in [0.05, 0.1) is 11.5 Å². The lowest BCUT2D eigenvalue weighted by molar-refractivity contribution is 0.569. The zero-order valence-electron chi connectivity index (χ0n) is 13.5. The van der Waals surface area contributed by atoms with Gasteiger partial charge in [-0.1, -0.05) is 91.0 Å². The van der Waals surface area contributed by atoms with Crippen molar-refractivity contribution >= 4 is 0 Å². The van der Waals surface area contributed by atoms with Gasteiger partial charge in [0.1, 0.15) is 0 Å². The Hall–Kier alpha value is -2.85. The molecule has 0 aliphatic heterocycles. The summed E-state index contributed by atoms with van der Waals surface area (Å²) in [5, 5.41) is 10.1. The first kappa shape index (κ1) is 14.7. The summed E-state index contributed by atoms with van der Waals surface area (Å²) in [7, 11) is 0. The molecule has 0 bridgehead atoms. The highest BCUT2D eigenvalue weighted by atomic mass is 14.7. The van der Waals surface area contributed by atoms with Crippen molar-refractivity contribution in [3.8, 4) is 6.07 Å². The van der Waals surface area contributed by atoms with Crippen LogP contribution in [0.1, 0.15) is 23.1 Å². The number of hydrogen-bond acceptors (Lipinski definition) is 1. The normalized spacial score (nSPS) is 21.0. The van der Waals surface area contributed by atoms with E-state index in [4.69, 9.17) is 0 Å². The van der Waals surface area contributed by atoms with Gasteiger partial charge in [0.25, 0.3) is 0 Å². The van der Waals surface area contributed by atoms with Crippen LogP contribution in [0.5, 0.6) is 0 Å². The zero-order chi connectivity index (χ0) is 16.5. The minimum atomic E-state index is -0.378. The van der Waals surface area contributed by atoms with Crippen LogP contribution in [0, 0.1) is 16.7 Å². The smallest absolute Gasteiger partial charge is 0.0763 e. The molecule has 1 unspecified atom stereocenters. The Bertz CT molecular complexity index is 823. The van der Waals surface area contributed by atoms with E-state index in [1.54, 1.807) is 0 Å². The highest BCUT2D eigenvalue weighted by Crippen LogP contribution is 2.69. The van der Waals surface area contributed by atoms with E-state index >= 15 is 0 Å². The Morgan fingerprint density at radius 3 is 1.62 bits per heavy atom. The fourth-order valence-electron chi connectivity index (χ4n) is 4.11. The highest BCUT2D eigenvalue weighted by Gasteiger charge is 2.69. The molecule has 1 heteroatoms. The van der Waals surface area contributed by atoms with Crippen molar-refractivity contribution in [1.29, 1.82) is 5.26 Å². The van der Waals surface area contributed by atoms with Gasteiger partial charge in [-0.05, 0) is 29.5 Å². The number of nitrogens with zero attached hydrogens (tertiary/aromatic N) is 1. The van der Waals surface area contributed by atoms with Crippen molar-refractivity contribution in [2.24, 2.45) is 5.41 Å². The molecule has 1 saturated carbocycles. The van der Waals surface area contributed by atoms with Gasteiger partial charge in [-0.15, -0.1) is 0 Å². The lowest BCUT2D eigenvalue weighted by atomic mass is 9.78. The molecule has 0 amide bonds. The Labute approximate surface area is 143 Å². The molecule has 24 heavy (non-hydrogen) atoms. The van der Waals surface area contributed by atoms with Crippen LogP contribution in [0.2, 0.25) is 0 Å². The first-order chi connectivity index (χ1) is 11.8. The molecule has 0 N–H and O–H groups in total. The summed E-state index contributed by atoms with van der Waals surface area (Å²) < 4.78 is 0. The molecule has 1 fully saturated rings. The van der Waals surface area contributed by atoms with Gasteiger partial charge in [-0.2, -0.15) is 5.26 Å². The second-order valence-corrected chi connectivity index (χ2v) is 6.67. The maximum Gasteiger partial charge on any atom is 0.0763 e. The Morgan fingerprint density at radius 2 is 1.17 bits per heavy atom. The molecule has 0 heterocycles. The number of benzene rings is 3. The van der Waals surface area contributed by atoms with Crippen LogP contribution >= 0.6 is 0 Å². The monoisotopic (exact) mass is 309 g/mol. The maximum atomic E-state index is 10.1. The van der Waals surface area contributed by atoms with Gasteiger partial charge in [-0.3, -0.25) is 0 Å². The summed E-state index contributed by atoms with van der Waals surface area (Å²) in [5.74, 6) is 0. The molecule has 116 valence electrons. The van der Waals surface area contributed by atoms with Crippen LogP contribution in [-0.4, -0.2) is 0 Å². The lowest BCUT2D eigenvalue weighted by Gasteiger charge is -2.23. The van der Waals surface area contributed by atoms with E-state index in [0.717, 1.165) is 12.8 Å². The average Bonchev–Trinajstić information content (AvgIpc) is 3.34. The van der Waals surface area contributed by atoms with Gasteiger partial charge in [0, 0.05) is 5.41 Å². The first-order valence-electron chi connectivity index (χ1n) is 8.37. The van der Waals surface area contributed by atoms with Gasteiger partial charge in [-0.25, -0.2) is 0 Å². The van der Waals surface area contributed by atoms with Crippen molar-refractivity contribution in [2.75, 3.05) is 0 Å². The molecule has 1 aliphatic carbocycles. The van der Waals surface area contributed by atoms with E-state index < -0.39 is 0 Å². The molecular formula is C23H19N. The van der Waals surface area contributed by atoms with Crippen LogP contribution in [0.25, 0.3) is 0 Å². The van der Waals surface area contributed by atoms with Crippen molar-refractivity contribution in [2.45, 2.75) is 18.3 Å². The van der Waals surface area contributed by atoms with Gasteiger partial charge in [0.15, 0.2) is 0 Å². The summed E-state index contributed by atoms with van der Waals surface area (Å²) in [6.45, 7) is 0. The van der Waals surface area contributed by atoms with Crippen molar-refractivity contribution in [3.63, 3.8) is 0 Å². The summed E-state index contributed by atoms with van der Waals surface area (Å²) in [6.07, 6.45) is 1.66. The van der Waals surface area contributed by atoms with Gasteiger partial charge in [0.2, 0.25) is 0 Å². The van der Waals surface area contributed by atoms with E-state index in [2.05, 4.69) is 78.9 Å². The molecule has 0 aromatic heterocycles. The van der Waals surface area contributed by atoms with Gasteiger partial charge >= 0.3 is 0 Å². The topological polar surface area (TPSA) is 23.8 Å². The SMILES string of the molecule is N#CC1(Cc2ccccc2)CC1(c1ccccc1)c1ccccc1. The van der Waals surface area contributed by atoms with Crippen molar-refractivity contribution in [3.05, 3.63) is 108 Å². The second kappa shape index (κ2) is 5.65. The molecule has 1 nitrogen and oxygen atoms in total. The van der Waals surface area contributed by atoms with E-state index in [0.29, 0.717) is 0 Å². The van der Waals surface area contributed by atoms with E-state index in [9.17, 15) is 5.26 Å². The molecule has 4 rings (SSSR count). The van der Waals surface area contributed by atoms with Gasteiger partial charge < -0.3 is 0 Å². The minimum Gasteiger partial charge on any atom is -0.198 e. The molecule has 1 aliphatic rings. The molecule has 3 aromatic carbocycles. The Balaban J connectivity index is 1.83. The quantitative estimate of drug-likeness (QED) is 0.655. The van der Waals surface area contributed by atoms with E-state index in [1.165, 1.54) is 16.7 Å². The maximum absolute atomic E-state index is 10.1. The molecule has 0 spiro atoms. The average molecular weight is 309 g/mol.